The summed E-state index contributed by atoms with van der Waals surface area (Å²) in [5.41, 5.74) is 2.05. The molecule has 1 saturated heterocycles. The van der Waals surface area contributed by atoms with Gasteiger partial charge in [-0.05, 0) is 26.3 Å². The molecule has 2 rings (SSSR count). The van der Waals surface area contributed by atoms with Gasteiger partial charge in [0, 0.05) is 25.0 Å². The van der Waals surface area contributed by atoms with E-state index in [1.165, 1.54) is 12.8 Å². The monoisotopic (exact) mass is 305 g/mol. The van der Waals surface area contributed by atoms with E-state index in [1.807, 2.05) is 18.7 Å². The van der Waals surface area contributed by atoms with E-state index >= 15 is 0 Å². The van der Waals surface area contributed by atoms with Gasteiger partial charge >= 0.3 is 0 Å². The number of likely N-dealkylation sites (tertiary alicyclic amines) is 1. The molecule has 0 N–H and O–H groups in total. The van der Waals surface area contributed by atoms with Crippen LogP contribution in [-0.4, -0.2) is 32.6 Å². The van der Waals surface area contributed by atoms with Crippen molar-refractivity contribution in [2.24, 2.45) is 7.05 Å². The number of rotatable bonds is 2. The first-order valence-electron chi connectivity index (χ1n) is 5.62. The zero-order chi connectivity index (χ0) is 11.7. The summed E-state index contributed by atoms with van der Waals surface area (Å²) in [6, 6.07) is 0. The van der Waals surface area contributed by atoms with Gasteiger partial charge in [0.25, 0.3) is 0 Å². The Balaban J connectivity index is 2.08. The first kappa shape index (κ1) is 12.4. The molecule has 0 aliphatic carbocycles. The standard InChI is InChI=1S/C11H17BrClN3/c1-8-11(13)10(15(2)14-8)7-16-5-3-4-9(12)6-16/h9H,3-7H2,1-2H3. The molecule has 0 radical (unpaired) electrons. The topological polar surface area (TPSA) is 21.1 Å². The molecule has 1 atom stereocenters. The molecule has 3 nitrogen and oxygen atoms in total. The normalized spacial score (nSPS) is 22.6. The molecule has 1 fully saturated rings. The summed E-state index contributed by atoms with van der Waals surface area (Å²) in [5, 5.41) is 5.16. The van der Waals surface area contributed by atoms with E-state index in [0.29, 0.717) is 4.83 Å². The van der Waals surface area contributed by atoms with Crippen molar-refractivity contribution in [1.82, 2.24) is 14.7 Å². The van der Waals surface area contributed by atoms with Crippen molar-refractivity contribution >= 4 is 27.5 Å². The molecule has 0 aromatic carbocycles. The molecule has 1 unspecified atom stereocenters. The van der Waals surface area contributed by atoms with Crippen LogP contribution in [0, 0.1) is 6.92 Å². The zero-order valence-corrected chi connectivity index (χ0v) is 12.1. The number of nitrogens with zero attached hydrogens (tertiary/aromatic N) is 3. The van der Waals surface area contributed by atoms with Gasteiger partial charge in [-0.2, -0.15) is 5.10 Å². The van der Waals surface area contributed by atoms with Gasteiger partial charge in [-0.25, -0.2) is 0 Å². The largest absolute Gasteiger partial charge is 0.296 e. The van der Waals surface area contributed by atoms with Crippen molar-refractivity contribution in [2.75, 3.05) is 13.1 Å². The Bertz CT molecular complexity index is 378. The van der Waals surface area contributed by atoms with E-state index in [2.05, 4.69) is 25.9 Å². The van der Waals surface area contributed by atoms with Crippen molar-refractivity contribution in [3.63, 3.8) is 0 Å². The molecule has 0 amide bonds. The summed E-state index contributed by atoms with van der Waals surface area (Å²) in [5.74, 6) is 0. The maximum atomic E-state index is 6.25. The average Bonchev–Trinajstić information content (AvgIpc) is 2.45. The maximum Gasteiger partial charge on any atom is 0.0860 e. The third kappa shape index (κ3) is 2.60. The molecule has 1 aromatic heterocycles. The van der Waals surface area contributed by atoms with Gasteiger partial charge < -0.3 is 0 Å². The smallest absolute Gasteiger partial charge is 0.0860 e. The molecule has 5 heteroatoms. The van der Waals surface area contributed by atoms with Crippen LogP contribution in [0.25, 0.3) is 0 Å². The van der Waals surface area contributed by atoms with Crippen molar-refractivity contribution in [3.8, 4) is 0 Å². The lowest BCUT2D eigenvalue weighted by molar-refractivity contribution is 0.222. The third-order valence-corrected chi connectivity index (χ3v) is 4.32. The predicted molar refractivity (Wildman–Crippen MR) is 70.2 cm³/mol. The minimum absolute atomic E-state index is 0.620. The van der Waals surface area contributed by atoms with Crippen molar-refractivity contribution in [3.05, 3.63) is 16.4 Å². The van der Waals surface area contributed by atoms with Crippen molar-refractivity contribution in [2.45, 2.75) is 31.1 Å². The second-order valence-corrected chi connectivity index (χ2v) is 6.12. The molecule has 2 heterocycles. The van der Waals surface area contributed by atoms with Crippen LogP contribution in [-0.2, 0) is 13.6 Å². The van der Waals surface area contributed by atoms with Gasteiger partial charge in [-0.15, -0.1) is 0 Å². The Labute approximate surface area is 110 Å². The average molecular weight is 307 g/mol. The lowest BCUT2D eigenvalue weighted by Gasteiger charge is -2.29. The maximum absolute atomic E-state index is 6.25. The van der Waals surface area contributed by atoms with Crippen molar-refractivity contribution in [1.29, 1.82) is 0 Å². The fourth-order valence-electron chi connectivity index (χ4n) is 2.21. The van der Waals surface area contributed by atoms with Gasteiger partial charge in [0.1, 0.15) is 0 Å². The minimum Gasteiger partial charge on any atom is -0.296 e. The summed E-state index contributed by atoms with van der Waals surface area (Å²) < 4.78 is 1.90. The van der Waals surface area contributed by atoms with Crippen LogP contribution in [0.4, 0.5) is 0 Å². The Kier molecular flexibility index (Phi) is 3.93. The number of aryl methyl sites for hydroxylation is 2. The highest BCUT2D eigenvalue weighted by atomic mass is 79.9. The SMILES string of the molecule is Cc1nn(C)c(CN2CCCC(Br)C2)c1Cl. The van der Waals surface area contributed by atoms with Crippen LogP contribution < -0.4 is 0 Å². The van der Waals surface area contributed by atoms with E-state index in [1.54, 1.807) is 0 Å². The summed E-state index contributed by atoms with van der Waals surface area (Å²) >= 11 is 9.94. The van der Waals surface area contributed by atoms with Crippen LogP contribution in [0.1, 0.15) is 24.2 Å². The molecule has 1 aromatic rings. The Hall–Kier alpha value is -0.0600. The highest BCUT2D eigenvalue weighted by Crippen LogP contribution is 2.24. The second kappa shape index (κ2) is 5.07. The quantitative estimate of drug-likeness (QED) is 0.784. The van der Waals surface area contributed by atoms with Gasteiger partial charge in [0.05, 0.1) is 16.4 Å². The molecule has 1 aliphatic rings. The van der Waals surface area contributed by atoms with Crippen LogP contribution in [0.3, 0.4) is 0 Å². The number of aromatic nitrogens is 2. The van der Waals surface area contributed by atoms with Gasteiger partial charge in [0.2, 0.25) is 0 Å². The highest BCUT2D eigenvalue weighted by Gasteiger charge is 2.20. The minimum atomic E-state index is 0.620. The van der Waals surface area contributed by atoms with E-state index in [0.717, 1.165) is 36.0 Å². The first-order valence-corrected chi connectivity index (χ1v) is 6.91. The molecule has 0 bridgehead atoms. The fourth-order valence-corrected chi connectivity index (χ4v) is 3.16. The van der Waals surface area contributed by atoms with E-state index < -0.39 is 0 Å². The molecule has 90 valence electrons. The highest BCUT2D eigenvalue weighted by molar-refractivity contribution is 9.09. The third-order valence-electron chi connectivity index (χ3n) is 3.08. The molecule has 1 aliphatic heterocycles. The Morgan fingerprint density at radius 1 is 1.56 bits per heavy atom. The van der Waals surface area contributed by atoms with Gasteiger partial charge in [-0.1, -0.05) is 27.5 Å². The van der Waals surface area contributed by atoms with Gasteiger partial charge in [0.15, 0.2) is 0 Å². The lowest BCUT2D eigenvalue weighted by atomic mass is 10.1. The molecular formula is C11H17BrClN3. The van der Waals surface area contributed by atoms with Crippen LogP contribution in [0.2, 0.25) is 5.02 Å². The number of hydrogen-bond acceptors (Lipinski definition) is 2. The summed E-state index contributed by atoms with van der Waals surface area (Å²) in [7, 11) is 1.96. The number of halogens is 2. The summed E-state index contributed by atoms with van der Waals surface area (Å²) in [6.07, 6.45) is 2.53. The Morgan fingerprint density at radius 2 is 2.31 bits per heavy atom. The van der Waals surface area contributed by atoms with Crippen LogP contribution >= 0.6 is 27.5 Å². The molecule has 0 spiro atoms. The summed E-state index contributed by atoms with van der Waals surface area (Å²) in [6.45, 7) is 5.11. The van der Waals surface area contributed by atoms with E-state index in [-0.39, 0.29) is 0 Å². The van der Waals surface area contributed by atoms with E-state index in [9.17, 15) is 0 Å². The molecule has 0 saturated carbocycles. The van der Waals surface area contributed by atoms with E-state index in [4.69, 9.17) is 11.6 Å². The summed E-state index contributed by atoms with van der Waals surface area (Å²) in [4.78, 5) is 3.06. The van der Waals surface area contributed by atoms with Crippen molar-refractivity contribution < 1.29 is 0 Å². The Morgan fingerprint density at radius 3 is 2.88 bits per heavy atom. The lowest BCUT2D eigenvalue weighted by Crippen LogP contribution is -2.35. The van der Waals surface area contributed by atoms with Crippen LogP contribution in [0.15, 0.2) is 0 Å². The predicted octanol–water partition coefficient (Wildman–Crippen LogP) is 2.74. The number of hydrogen-bond donors (Lipinski definition) is 0. The molecule has 16 heavy (non-hydrogen) atoms. The number of piperidine rings is 1. The second-order valence-electron chi connectivity index (χ2n) is 4.44. The van der Waals surface area contributed by atoms with Crippen LogP contribution in [0.5, 0.6) is 0 Å². The fraction of sp³-hybridized carbons (Fsp3) is 0.727. The first-order chi connectivity index (χ1) is 7.58. The molecular weight excluding hydrogens is 289 g/mol. The zero-order valence-electron chi connectivity index (χ0n) is 9.71. The van der Waals surface area contributed by atoms with Gasteiger partial charge in [-0.3, -0.25) is 9.58 Å². The number of alkyl halides is 1.